The van der Waals surface area contributed by atoms with Crippen LogP contribution in [-0.2, 0) is 9.53 Å². The predicted molar refractivity (Wildman–Crippen MR) is 119 cm³/mol. The maximum absolute atomic E-state index is 11.5. The average Bonchev–Trinajstić information content (AvgIpc) is 2.59. The van der Waals surface area contributed by atoms with Gasteiger partial charge in [-0.05, 0) is 60.4 Å². The number of hydrogen-bond acceptors (Lipinski definition) is 6. The Bertz CT molecular complexity index is 404. The molecule has 1 unspecified atom stereocenters. The van der Waals surface area contributed by atoms with Gasteiger partial charge in [0, 0.05) is 11.8 Å². The van der Waals surface area contributed by atoms with E-state index in [1.54, 1.807) is 6.92 Å². The van der Waals surface area contributed by atoms with Crippen LogP contribution >= 0.6 is 50.5 Å². The summed E-state index contributed by atoms with van der Waals surface area (Å²) in [5, 5.41) is 0. The van der Waals surface area contributed by atoms with E-state index in [9.17, 15) is 4.79 Å². The van der Waals surface area contributed by atoms with E-state index >= 15 is 0 Å². The van der Waals surface area contributed by atoms with Crippen LogP contribution < -0.4 is 0 Å². The Kier molecular flexibility index (Phi) is 14.7. The lowest BCUT2D eigenvalue weighted by Crippen LogP contribution is -2.21. The number of ether oxygens (including phenoxy) is 1. The number of esters is 1. The molecule has 0 heterocycles. The Labute approximate surface area is 169 Å². The van der Waals surface area contributed by atoms with Crippen molar-refractivity contribution in [1.82, 2.24) is 0 Å². The fourth-order valence-electron chi connectivity index (χ4n) is 2.20. The zero-order valence-corrected chi connectivity index (χ0v) is 18.4. The van der Waals surface area contributed by atoms with Crippen molar-refractivity contribution in [3.05, 3.63) is 23.8 Å². The Morgan fingerprint density at radius 1 is 1.21 bits per heavy atom. The van der Waals surface area contributed by atoms with Crippen molar-refractivity contribution in [2.75, 3.05) is 29.6 Å². The van der Waals surface area contributed by atoms with Crippen LogP contribution in [0, 0.1) is 11.3 Å². The van der Waals surface area contributed by atoms with Gasteiger partial charge < -0.3 is 4.74 Å². The molecule has 0 aromatic carbocycles. The van der Waals surface area contributed by atoms with Crippen molar-refractivity contribution in [1.29, 1.82) is 0 Å². The standard InChI is InChI=1S/C18H32O2S4/c1-3-20-17(19)10-16(12-22)7-4-6-15(11-21)8-5-9-18(2,13-23)14-24/h4,7,10,15,21-24H,3,5-6,8-9,11-14H2,1-2H3. The van der Waals surface area contributed by atoms with Crippen molar-refractivity contribution in [3.63, 3.8) is 0 Å². The molecule has 0 aromatic rings. The first-order valence-corrected chi connectivity index (χ1v) is 10.9. The first kappa shape index (κ1) is 24.4. The van der Waals surface area contributed by atoms with Gasteiger partial charge in [-0.2, -0.15) is 50.5 Å². The monoisotopic (exact) mass is 408 g/mol. The van der Waals surface area contributed by atoms with E-state index in [-0.39, 0.29) is 11.4 Å². The summed E-state index contributed by atoms with van der Waals surface area (Å²) in [4.78, 5) is 11.5. The molecule has 0 saturated carbocycles. The lowest BCUT2D eigenvalue weighted by atomic mass is 9.87. The van der Waals surface area contributed by atoms with Crippen LogP contribution in [0.3, 0.4) is 0 Å². The van der Waals surface area contributed by atoms with Gasteiger partial charge in [0.05, 0.1) is 6.61 Å². The Balaban J connectivity index is 4.39. The largest absolute Gasteiger partial charge is 0.463 e. The molecule has 0 aliphatic carbocycles. The van der Waals surface area contributed by atoms with Gasteiger partial charge >= 0.3 is 5.97 Å². The van der Waals surface area contributed by atoms with Gasteiger partial charge in [0.2, 0.25) is 0 Å². The van der Waals surface area contributed by atoms with Gasteiger partial charge in [0.25, 0.3) is 0 Å². The van der Waals surface area contributed by atoms with E-state index in [1.165, 1.54) is 6.08 Å². The fraction of sp³-hybridized carbons (Fsp3) is 0.722. The summed E-state index contributed by atoms with van der Waals surface area (Å²) in [6.07, 6.45) is 9.98. The lowest BCUT2D eigenvalue weighted by molar-refractivity contribution is -0.137. The molecule has 0 aliphatic rings. The van der Waals surface area contributed by atoms with Gasteiger partial charge in [0.1, 0.15) is 0 Å². The van der Waals surface area contributed by atoms with Crippen molar-refractivity contribution < 1.29 is 9.53 Å². The van der Waals surface area contributed by atoms with Crippen LogP contribution in [0.2, 0.25) is 0 Å². The third kappa shape index (κ3) is 11.1. The van der Waals surface area contributed by atoms with Crippen molar-refractivity contribution in [2.24, 2.45) is 11.3 Å². The summed E-state index contributed by atoms with van der Waals surface area (Å²) in [5.74, 6) is 3.34. The highest BCUT2D eigenvalue weighted by Gasteiger charge is 2.20. The SMILES string of the molecule is CCOC(=O)C=C(C=CCC(CS)CCCC(C)(CS)CS)CS. The van der Waals surface area contributed by atoms with Gasteiger partial charge in [-0.1, -0.05) is 25.5 Å². The van der Waals surface area contributed by atoms with Gasteiger partial charge in [0.15, 0.2) is 0 Å². The molecule has 140 valence electrons. The predicted octanol–water partition coefficient (Wildman–Crippen LogP) is 4.93. The molecule has 0 aromatic heterocycles. The summed E-state index contributed by atoms with van der Waals surface area (Å²) < 4.78 is 4.92. The lowest BCUT2D eigenvalue weighted by Gasteiger charge is -2.26. The summed E-state index contributed by atoms with van der Waals surface area (Å²) in [6.45, 7) is 4.42. The molecule has 0 aliphatic heterocycles. The summed E-state index contributed by atoms with van der Waals surface area (Å²) in [5.41, 5.74) is 1.08. The van der Waals surface area contributed by atoms with Crippen LogP contribution in [0.25, 0.3) is 0 Å². The molecule has 1 atom stereocenters. The smallest absolute Gasteiger partial charge is 0.331 e. The molecular weight excluding hydrogens is 376 g/mol. The van der Waals surface area contributed by atoms with Crippen LogP contribution in [0.1, 0.15) is 39.5 Å². The molecule has 0 saturated heterocycles. The minimum absolute atomic E-state index is 0.213. The third-order valence-electron chi connectivity index (χ3n) is 3.99. The first-order chi connectivity index (χ1) is 11.4. The van der Waals surface area contributed by atoms with Gasteiger partial charge in [-0.3, -0.25) is 0 Å². The summed E-state index contributed by atoms with van der Waals surface area (Å²) in [6, 6.07) is 0. The molecule has 0 fully saturated rings. The minimum atomic E-state index is -0.310. The highest BCUT2D eigenvalue weighted by Crippen LogP contribution is 2.28. The second kappa shape index (κ2) is 14.5. The first-order valence-electron chi connectivity index (χ1n) is 8.42. The number of thiol groups is 4. The third-order valence-corrected chi connectivity index (χ3v) is 6.40. The van der Waals surface area contributed by atoms with E-state index in [0.717, 1.165) is 48.5 Å². The molecule has 24 heavy (non-hydrogen) atoms. The second-order valence-corrected chi connectivity index (χ2v) is 7.65. The van der Waals surface area contributed by atoms with Crippen LogP contribution in [0.5, 0.6) is 0 Å². The van der Waals surface area contributed by atoms with Crippen LogP contribution in [0.15, 0.2) is 23.8 Å². The molecule has 2 nitrogen and oxygen atoms in total. The molecule has 0 amide bonds. The Hall–Kier alpha value is 0.350. The van der Waals surface area contributed by atoms with E-state index in [0.29, 0.717) is 18.3 Å². The number of carbonyl (C=O) groups is 1. The normalized spacial score (nSPS) is 14.2. The highest BCUT2D eigenvalue weighted by molar-refractivity contribution is 7.81. The number of hydrogen-bond donors (Lipinski definition) is 4. The average molecular weight is 409 g/mol. The summed E-state index contributed by atoms with van der Waals surface area (Å²) in [7, 11) is 0. The second-order valence-electron chi connectivity index (χ2n) is 6.34. The number of rotatable bonds is 13. The van der Waals surface area contributed by atoms with E-state index in [4.69, 9.17) is 4.74 Å². The van der Waals surface area contributed by atoms with Crippen molar-refractivity contribution in [2.45, 2.75) is 39.5 Å². The van der Waals surface area contributed by atoms with E-state index in [1.807, 2.05) is 6.08 Å². The molecular formula is C18H32O2S4. The Morgan fingerprint density at radius 2 is 1.88 bits per heavy atom. The molecule has 0 N–H and O–H groups in total. The fourth-order valence-corrected chi connectivity index (χ4v) is 3.45. The van der Waals surface area contributed by atoms with E-state index < -0.39 is 0 Å². The van der Waals surface area contributed by atoms with Gasteiger partial charge in [-0.15, -0.1) is 0 Å². The Morgan fingerprint density at radius 3 is 2.38 bits per heavy atom. The molecule has 0 bridgehead atoms. The minimum Gasteiger partial charge on any atom is -0.463 e. The van der Waals surface area contributed by atoms with Crippen molar-refractivity contribution in [3.8, 4) is 0 Å². The number of allylic oxidation sites excluding steroid dienone is 2. The van der Waals surface area contributed by atoms with E-state index in [2.05, 4.69) is 63.5 Å². The molecule has 6 heteroatoms. The van der Waals surface area contributed by atoms with Crippen LogP contribution in [-0.4, -0.2) is 35.6 Å². The number of carbonyl (C=O) groups excluding carboxylic acids is 1. The highest BCUT2D eigenvalue weighted by atomic mass is 32.1. The van der Waals surface area contributed by atoms with Crippen LogP contribution in [0.4, 0.5) is 0 Å². The zero-order valence-electron chi connectivity index (χ0n) is 14.8. The molecule has 0 radical (unpaired) electrons. The zero-order chi connectivity index (χ0) is 18.4. The van der Waals surface area contributed by atoms with Crippen molar-refractivity contribution >= 4 is 56.5 Å². The molecule has 0 rings (SSSR count). The maximum atomic E-state index is 11.5. The maximum Gasteiger partial charge on any atom is 0.331 e. The topological polar surface area (TPSA) is 26.3 Å². The molecule has 0 spiro atoms. The summed E-state index contributed by atoms with van der Waals surface area (Å²) >= 11 is 17.6. The van der Waals surface area contributed by atoms with Gasteiger partial charge in [-0.25, -0.2) is 4.79 Å². The quantitative estimate of drug-likeness (QED) is 0.150.